The molecule has 0 rings (SSSR count). The molecule has 0 radical (unpaired) electrons. The number of hydrogen-bond acceptors (Lipinski definition) is 4. The van der Waals surface area contributed by atoms with E-state index in [1.807, 2.05) is 0 Å². The van der Waals surface area contributed by atoms with E-state index < -0.39 is 12.0 Å². The lowest BCUT2D eigenvalue weighted by molar-refractivity contribution is -0.138. The Bertz CT molecular complexity index is 211. The maximum absolute atomic E-state index is 10.4. The average Bonchev–Trinajstić information content (AvgIpc) is 2.03. The van der Waals surface area contributed by atoms with Crippen LogP contribution in [0.1, 0.15) is 12.8 Å². The van der Waals surface area contributed by atoms with Gasteiger partial charge in [-0.1, -0.05) is 0 Å². The highest BCUT2D eigenvalue weighted by Crippen LogP contribution is 2.01. The first-order chi connectivity index (χ1) is 6.07. The summed E-state index contributed by atoms with van der Waals surface area (Å²) in [6.45, 7) is 0.363. The van der Waals surface area contributed by atoms with Crippen LogP contribution in [0, 0.1) is 5.53 Å². The van der Waals surface area contributed by atoms with E-state index in [-0.39, 0.29) is 12.4 Å². The molecule has 0 unspecified atom stereocenters. The van der Waals surface area contributed by atoms with Gasteiger partial charge in [-0.3, -0.25) is 4.99 Å². The van der Waals surface area contributed by atoms with Crippen LogP contribution >= 0.6 is 0 Å². The van der Waals surface area contributed by atoms with Crippen molar-refractivity contribution in [1.29, 1.82) is 5.53 Å². The lowest BCUT2D eigenvalue weighted by Gasteiger charge is -2.02. The highest BCUT2D eigenvalue weighted by atomic mass is 16.4. The summed E-state index contributed by atoms with van der Waals surface area (Å²) in [5.74, 6) is -1.12. The molecule has 0 saturated carbocycles. The largest absolute Gasteiger partial charge is 0.480 e. The zero-order chi connectivity index (χ0) is 10.3. The molecule has 7 heteroatoms. The summed E-state index contributed by atoms with van der Waals surface area (Å²) in [5.41, 5.74) is 16.7. The number of nitrogens with two attached hydrogens (primary N) is 2. The molecule has 6 N–H and O–H groups in total. The number of carbonyl (C=O) groups is 1. The molecule has 0 heterocycles. The Labute approximate surface area is 75.3 Å². The fourth-order valence-corrected chi connectivity index (χ4v) is 0.736. The first kappa shape index (κ1) is 11.3. The van der Waals surface area contributed by atoms with Crippen molar-refractivity contribution in [3.05, 3.63) is 0 Å². The lowest BCUT2D eigenvalue weighted by Crippen LogP contribution is -2.23. The second-order valence-corrected chi connectivity index (χ2v) is 2.43. The van der Waals surface area contributed by atoms with E-state index in [1.165, 1.54) is 0 Å². The molecular formula is C6H13N5O2. The van der Waals surface area contributed by atoms with E-state index >= 15 is 0 Å². The predicted octanol–water partition coefficient (Wildman–Crippen LogP) is -0.476. The summed E-state index contributed by atoms with van der Waals surface area (Å²) < 4.78 is 0. The third-order valence-corrected chi connectivity index (χ3v) is 1.37. The lowest BCUT2D eigenvalue weighted by atomic mass is 10.2. The van der Waals surface area contributed by atoms with Crippen LogP contribution < -0.4 is 11.5 Å². The van der Waals surface area contributed by atoms with Gasteiger partial charge >= 0.3 is 5.97 Å². The van der Waals surface area contributed by atoms with Crippen LogP contribution in [0.15, 0.2) is 10.1 Å². The summed E-state index contributed by atoms with van der Waals surface area (Å²) in [6, 6.07) is -0.978. The molecule has 0 aliphatic carbocycles. The first-order valence-corrected chi connectivity index (χ1v) is 3.72. The van der Waals surface area contributed by atoms with Gasteiger partial charge < -0.3 is 16.6 Å². The monoisotopic (exact) mass is 187 g/mol. The van der Waals surface area contributed by atoms with Crippen LogP contribution in [0.4, 0.5) is 0 Å². The highest BCUT2D eigenvalue weighted by Gasteiger charge is 2.14. The maximum Gasteiger partial charge on any atom is 0.330 e. The Hall–Kier alpha value is -1.66. The summed E-state index contributed by atoms with van der Waals surface area (Å²) in [4.78, 5) is 14.0. The van der Waals surface area contributed by atoms with Gasteiger partial charge in [0.2, 0.25) is 0 Å². The van der Waals surface area contributed by atoms with E-state index in [4.69, 9.17) is 22.1 Å². The van der Waals surface area contributed by atoms with Crippen LogP contribution in [-0.2, 0) is 4.79 Å². The Morgan fingerprint density at radius 2 is 2.15 bits per heavy atom. The Morgan fingerprint density at radius 1 is 1.54 bits per heavy atom. The summed E-state index contributed by atoms with van der Waals surface area (Å²) in [6.07, 6.45) is 0.771. The third-order valence-electron chi connectivity index (χ3n) is 1.37. The van der Waals surface area contributed by atoms with Gasteiger partial charge in [-0.2, -0.15) is 5.11 Å². The fourth-order valence-electron chi connectivity index (χ4n) is 0.736. The molecule has 0 aliphatic heterocycles. The number of carboxylic acids is 1. The molecule has 0 spiro atoms. The molecule has 0 amide bonds. The quantitative estimate of drug-likeness (QED) is 0.193. The Kier molecular flexibility index (Phi) is 5.17. The molecule has 0 aromatic rings. The van der Waals surface area contributed by atoms with Crippen molar-refractivity contribution < 1.29 is 9.90 Å². The second-order valence-electron chi connectivity index (χ2n) is 2.43. The number of hydrogen-bond donors (Lipinski definition) is 4. The molecule has 0 aromatic heterocycles. The highest BCUT2D eigenvalue weighted by molar-refractivity contribution is 5.75. The summed E-state index contributed by atoms with van der Waals surface area (Å²) in [5, 5.41) is 11.4. The van der Waals surface area contributed by atoms with E-state index in [2.05, 4.69) is 10.1 Å². The van der Waals surface area contributed by atoms with Crippen molar-refractivity contribution in [2.45, 2.75) is 18.9 Å². The Balaban J connectivity index is 3.68. The molecule has 0 aliphatic rings. The van der Waals surface area contributed by atoms with Gasteiger partial charge in [0.05, 0.1) is 0 Å². The SMILES string of the molecule is N=N[C@@H](CCCN=C(N)N)C(=O)O. The fraction of sp³-hybridized carbons (Fsp3) is 0.667. The molecule has 0 aromatic carbocycles. The molecule has 74 valence electrons. The van der Waals surface area contributed by atoms with Gasteiger partial charge in [0, 0.05) is 6.54 Å². The molecule has 0 fully saturated rings. The molecule has 0 saturated heterocycles. The topological polar surface area (TPSA) is 138 Å². The van der Waals surface area contributed by atoms with Gasteiger partial charge in [0.15, 0.2) is 12.0 Å². The van der Waals surface area contributed by atoms with Crippen molar-refractivity contribution in [3.63, 3.8) is 0 Å². The van der Waals surface area contributed by atoms with Gasteiger partial charge in [0.25, 0.3) is 0 Å². The zero-order valence-corrected chi connectivity index (χ0v) is 7.10. The van der Waals surface area contributed by atoms with E-state index in [1.54, 1.807) is 0 Å². The summed E-state index contributed by atoms with van der Waals surface area (Å²) in [7, 11) is 0. The van der Waals surface area contributed by atoms with Gasteiger partial charge in [0.1, 0.15) is 0 Å². The number of nitrogens with zero attached hydrogens (tertiary/aromatic N) is 2. The minimum absolute atomic E-state index is 0.0188. The number of aliphatic carboxylic acids is 1. The molecule has 7 nitrogen and oxygen atoms in total. The number of rotatable bonds is 6. The minimum atomic E-state index is -1.10. The van der Waals surface area contributed by atoms with E-state index in [0.717, 1.165) is 0 Å². The van der Waals surface area contributed by atoms with Crippen LogP contribution in [-0.4, -0.2) is 29.6 Å². The standard InChI is InChI=1S/C6H13N5O2/c7-6(8)10-3-1-2-4(11-9)5(12)13/h4,9H,1-3H2,(H,12,13)(H4,7,8,10)/t4-/m0/s1. The van der Waals surface area contributed by atoms with Crippen molar-refractivity contribution >= 4 is 11.9 Å². The van der Waals surface area contributed by atoms with E-state index in [0.29, 0.717) is 13.0 Å². The normalized spacial score (nSPS) is 11.7. The predicted molar refractivity (Wildman–Crippen MR) is 46.5 cm³/mol. The first-order valence-electron chi connectivity index (χ1n) is 3.72. The van der Waals surface area contributed by atoms with Crippen LogP contribution in [0.2, 0.25) is 0 Å². The minimum Gasteiger partial charge on any atom is -0.480 e. The van der Waals surface area contributed by atoms with Crippen LogP contribution in [0.3, 0.4) is 0 Å². The number of guanidine groups is 1. The van der Waals surface area contributed by atoms with Crippen LogP contribution in [0.25, 0.3) is 0 Å². The summed E-state index contributed by atoms with van der Waals surface area (Å²) >= 11 is 0. The number of carboxylic acid groups (broad SMARTS) is 1. The average molecular weight is 187 g/mol. The van der Waals surface area contributed by atoms with Crippen molar-refractivity contribution in [3.8, 4) is 0 Å². The number of nitrogens with one attached hydrogen (secondary N) is 1. The van der Waals surface area contributed by atoms with Crippen molar-refractivity contribution in [1.82, 2.24) is 0 Å². The molecular weight excluding hydrogens is 174 g/mol. The molecule has 13 heavy (non-hydrogen) atoms. The second kappa shape index (κ2) is 5.92. The zero-order valence-electron chi connectivity index (χ0n) is 7.10. The van der Waals surface area contributed by atoms with Gasteiger partial charge in [-0.15, -0.1) is 0 Å². The molecule has 1 atom stereocenters. The van der Waals surface area contributed by atoms with Crippen molar-refractivity contribution in [2.75, 3.05) is 6.54 Å². The smallest absolute Gasteiger partial charge is 0.330 e. The Morgan fingerprint density at radius 3 is 2.54 bits per heavy atom. The third kappa shape index (κ3) is 5.59. The number of aliphatic imine (C=N–C) groups is 1. The van der Waals surface area contributed by atoms with Crippen LogP contribution in [0.5, 0.6) is 0 Å². The van der Waals surface area contributed by atoms with E-state index in [9.17, 15) is 4.79 Å². The van der Waals surface area contributed by atoms with Gasteiger partial charge in [-0.25, -0.2) is 10.3 Å². The maximum atomic E-state index is 10.4. The van der Waals surface area contributed by atoms with Gasteiger partial charge in [-0.05, 0) is 12.8 Å². The molecule has 0 bridgehead atoms. The van der Waals surface area contributed by atoms with Crippen molar-refractivity contribution in [2.24, 2.45) is 21.6 Å².